The molecule has 1 heterocycles. The van der Waals surface area contributed by atoms with Crippen molar-refractivity contribution in [2.75, 3.05) is 33.7 Å². The van der Waals surface area contributed by atoms with E-state index >= 15 is 0 Å². The van der Waals surface area contributed by atoms with E-state index < -0.39 is 0 Å². The first kappa shape index (κ1) is 19.8. The molecule has 1 N–H and O–H groups in total. The summed E-state index contributed by atoms with van der Waals surface area (Å²) in [5.74, 6) is -0.151. The smallest absolute Gasteiger partial charge is 0.274 e. The molecule has 0 aliphatic carbocycles. The van der Waals surface area contributed by atoms with Crippen LogP contribution in [-0.4, -0.2) is 59.6 Å². The fourth-order valence-corrected chi connectivity index (χ4v) is 3.18. The predicted octanol–water partition coefficient (Wildman–Crippen LogP) is 2.56. The van der Waals surface area contributed by atoms with Gasteiger partial charge in [0, 0.05) is 25.0 Å². The maximum Gasteiger partial charge on any atom is 0.274 e. The number of rotatable bonds is 8. The van der Waals surface area contributed by atoms with Crippen LogP contribution in [-0.2, 0) is 6.42 Å². The number of likely N-dealkylation sites (N-methyl/N-ethyl adjacent to an activating group) is 1. The first-order chi connectivity index (χ1) is 13.6. The van der Waals surface area contributed by atoms with Crippen LogP contribution in [0.5, 0.6) is 0 Å². The van der Waals surface area contributed by atoms with Crippen LogP contribution in [0.3, 0.4) is 0 Å². The number of carbonyl (C=O) groups is 1. The molecular weight excluding hydrogens is 352 g/mol. The third-order valence-corrected chi connectivity index (χ3v) is 4.74. The Morgan fingerprint density at radius 3 is 2.32 bits per heavy atom. The summed E-state index contributed by atoms with van der Waals surface area (Å²) in [5.41, 5.74) is 1.28. The number of nitrogens with one attached hydrogen (secondary N) is 1. The highest BCUT2D eigenvalue weighted by atomic mass is 16.2. The second-order valence-electron chi connectivity index (χ2n) is 7.13. The second kappa shape index (κ2) is 9.28. The third-order valence-electron chi connectivity index (χ3n) is 4.74. The largest absolute Gasteiger partial charge is 0.336 e. The molecule has 0 saturated heterocycles. The van der Waals surface area contributed by atoms with E-state index in [1.165, 1.54) is 5.56 Å². The molecule has 0 radical (unpaired) electrons. The van der Waals surface area contributed by atoms with E-state index in [0.717, 1.165) is 19.4 Å². The lowest BCUT2D eigenvalue weighted by molar-refractivity contribution is 0.0738. The predicted molar refractivity (Wildman–Crippen MR) is 112 cm³/mol. The molecule has 1 amide bonds. The van der Waals surface area contributed by atoms with Crippen molar-refractivity contribution in [3.05, 3.63) is 76.2 Å². The number of benzene rings is 2. The van der Waals surface area contributed by atoms with E-state index in [1.807, 2.05) is 43.3 Å². The molecule has 0 saturated carbocycles. The normalized spacial score (nSPS) is 11.1. The van der Waals surface area contributed by atoms with Crippen molar-refractivity contribution in [1.29, 1.82) is 0 Å². The van der Waals surface area contributed by atoms with Gasteiger partial charge in [-0.15, -0.1) is 0 Å². The number of hydrogen-bond donors (Lipinski definition) is 1. The Morgan fingerprint density at radius 2 is 1.61 bits per heavy atom. The van der Waals surface area contributed by atoms with E-state index in [4.69, 9.17) is 0 Å². The summed E-state index contributed by atoms with van der Waals surface area (Å²) in [7, 11) is 3.97. The number of H-pyrrole nitrogens is 1. The lowest BCUT2D eigenvalue weighted by Crippen LogP contribution is -2.38. The van der Waals surface area contributed by atoms with Crippen LogP contribution in [0.4, 0.5) is 0 Å². The summed E-state index contributed by atoms with van der Waals surface area (Å²) in [4.78, 5) is 29.1. The maximum absolute atomic E-state index is 13.2. The molecule has 6 heteroatoms. The molecule has 0 fully saturated rings. The van der Waals surface area contributed by atoms with Gasteiger partial charge in [-0.3, -0.25) is 9.59 Å². The zero-order valence-corrected chi connectivity index (χ0v) is 16.4. The van der Waals surface area contributed by atoms with Gasteiger partial charge in [0.25, 0.3) is 11.5 Å². The highest BCUT2D eigenvalue weighted by Crippen LogP contribution is 2.15. The van der Waals surface area contributed by atoms with E-state index in [-0.39, 0.29) is 11.5 Å². The van der Waals surface area contributed by atoms with Crippen LogP contribution in [0.25, 0.3) is 10.8 Å². The Kier molecular flexibility index (Phi) is 6.55. The average molecular weight is 378 g/mol. The molecule has 3 aromatic rings. The van der Waals surface area contributed by atoms with Gasteiger partial charge in [-0.1, -0.05) is 48.5 Å². The number of aromatic amines is 1. The van der Waals surface area contributed by atoms with Gasteiger partial charge in [-0.2, -0.15) is 5.10 Å². The van der Waals surface area contributed by atoms with Crippen LogP contribution in [0.2, 0.25) is 0 Å². The van der Waals surface area contributed by atoms with Gasteiger partial charge in [0.1, 0.15) is 0 Å². The number of carbonyl (C=O) groups excluding carboxylic acids is 1. The van der Waals surface area contributed by atoms with E-state index in [2.05, 4.69) is 27.2 Å². The summed E-state index contributed by atoms with van der Waals surface area (Å²) in [6, 6.07) is 17.4. The van der Waals surface area contributed by atoms with Crippen molar-refractivity contribution in [2.24, 2.45) is 0 Å². The fourth-order valence-electron chi connectivity index (χ4n) is 3.18. The topological polar surface area (TPSA) is 69.3 Å². The van der Waals surface area contributed by atoms with Crippen molar-refractivity contribution < 1.29 is 4.79 Å². The molecule has 3 rings (SSSR count). The minimum absolute atomic E-state index is 0.151. The third kappa shape index (κ3) is 4.84. The van der Waals surface area contributed by atoms with Gasteiger partial charge in [-0.05, 0) is 38.6 Å². The summed E-state index contributed by atoms with van der Waals surface area (Å²) in [6.45, 7) is 2.00. The Labute approximate surface area is 164 Å². The zero-order valence-electron chi connectivity index (χ0n) is 16.4. The van der Waals surface area contributed by atoms with Crippen LogP contribution in [0, 0.1) is 0 Å². The summed E-state index contributed by atoms with van der Waals surface area (Å²) < 4.78 is 0. The SMILES string of the molecule is CN(C)CCN(CCCc1ccccc1)C(=O)c1n[nH]c(=O)c2ccccc12. The lowest BCUT2D eigenvalue weighted by Gasteiger charge is -2.24. The van der Waals surface area contributed by atoms with Crippen LogP contribution in [0.15, 0.2) is 59.4 Å². The van der Waals surface area contributed by atoms with E-state index in [1.54, 1.807) is 18.2 Å². The lowest BCUT2D eigenvalue weighted by atomic mass is 10.1. The van der Waals surface area contributed by atoms with Crippen molar-refractivity contribution in [1.82, 2.24) is 20.0 Å². The number of aryl methyl sites for hydroxylation is 1. The molecular formula is C22H26N4O2. The highest BCUT2D eigenvalue weighted by Gasteiger charge is 2.20. The molecule has 28 heavy (non-hydrogen) atoms. The first-order valence-corrected chi connectivity index (χ1v) is 9.51. The minimum Gasteiger partial charge on any atom is -0.336 e. The number of aromatic nitrogens is 2. The average Bonchev–Trinajstić information content (AvgIpc) is 2.71. The number of amides is 1. The molecule has 0 spiro atoms. The molecule has 0 bridgehead atoms. The fraction of sp³-hybridized carbons (Fsp3) is 0.318. The maximum atomic E-state index is 13.2. The molecule has 0 aliphatic heterocycles. The number of fused-ring (bicyclic) bond motifs is 1. The Hall–Kier alpha value is -2.99. The van der Waals surface area contributed by atoms with Crippen LogP contribution in [0.1, 0.15) is 22.5 Å². The van der Waals surface area contributed by atoms with Crippen LogP contribution < -0.4 is 5.56 Å². The summed E-state index contributed by atoms with van der Waals surface area (Å²) in [5, 5.41) is 7.62. The van der Waals surface area contributed by atoms with Crippen molar-refractivity contribution in [3.63, 3.8) is 0 Å². The second-order valence-corrected chi connectivity index (χ2v) is 7.13. The van der Waals surface area contributed by atoms with Gasteiger partial charge < -0.3 is 9.80 Å². The van der Waals surface area contributed by atoms with E-state index in [9.17, 15) is 9.59 Å². The summed E-state index contributed by atoms with van der Waals surface area (Å²) in [6.07, 6.45) is 1.77. The summed E-state index contributed by atoms with van der Waals surface area (Å²) >= 11 is 0. The van der Waals surface area contributed by atoms with Gasteiger partial charge >= 0.3 is 0 Å². The van der Waals surface area contributed by atoms with Gasteiger partial charge in [-0.25, -0.2) is 5.10 Å². The van der Waals surface area contributed by atoms with Crippen molar-refractivity contribution in [2.45, 2.75) is 12.8 Å². The standard InChI is InChI=1S/C22H26N4O2/c1-25(2)15-16-26(14-8-11-17-9-4-3-5-10-17)22(28)20-18-12-6-7-13-19(18)21(27)24-23-20/h3-7,9-10,12-13H,8,11,14-16H2,1-2H3,(H,24,27). The number of hydrogen-bond acceptors (Lipinski definition) is 4. The monoisotopic (exact) mass is 378 g/mol. The quantitative estimate of drug-likeness (QED) is 0.654. The first-order valence-electron chi connectivity index (χ1n) is 9.51. The van der Waals surface area contributed by atoms with Crippen molar-refractivity contribution >= 4 is 16.7 Å². The minimum atomic E-state index is -0.281. The molecule has 2 aromatic carbocycles. The molecule has 6 nitrogen and oxygen atoms in total. The number of nitrogens with zero attached hydrogens (tertiary/aromatic N) is 3. The van der Waals surface area contributed by atoms with E-state index in [0.29, 0.717) is 29.6 Å². The molecule has 0 aliphatic rings. The Bertz CT molecular complexity index is 982. The molecule has 0 atom stereocenters. The van der Waals surface area contributed by atoms with Crippen molar-refractivity contribution in [3.8, 4) is 0 Å². The zero-order chi connectivity index (χ0) is 19.9. The highest BCUT2D eigenvalue weighted by molar-refractivity contribution is 6.04. The molecule has 1 aromatic heterocycles. The van der Waals surface area contributed by atoms with Gasteiger partial charge in [0.15, 0.2) is 5.69 Å². The molecule has 0 unspecified atom stereocenters. The molecule has 146 valence electrons. The van der Waals surface area contributed by atoms with Crippen LogP contribution >= 0.6 is 0 Å². The van der Waals surface area contributed by atoms with Gasteiger partial charge in [0.2, 0.25) is 0 Å². The Balaban J connectivity index is 1.80. The Morgan fingerprint density at radius 1 is 0.929 bits per heavy atom. The van der Waals surface area contributed by atoms with Gasteiger partial charge in [0.05, 0.1) is 5.39 Å².